The summed E-state index contributed by atoms with van der Waals surface area (Å²) in [6.07, 6.45) is 0.797. The second-order valence-electron chi connectivity index (χ2n) is 3.57. The van der Waals surface area contributed by atoms with Crippen molar-refractivity contribution in [1.82, 2.24) is 10.2 Å². The van der Waals surface area contributed by atoms with Gasteiger partial charge in [0.25, 0.3) is 5.91 Å². The van der Waals surface area contributed by atoms with E-state index in [1.807, 2.05) is 0 Å². The molecular weight excluding hydrogens is 154 g/mol. The lowest BCUT2D eigenvalue weighted by molar-refractivity contribution is -0.126. The Morgan fingerprint density at radius 2 is 2.25 bits per heavy atom. The molecule has 2 N–H and O–H groups in total. The van der Waals surface area contributed by atoms with Crippen molar-refractivity contribution < 1.29 is 4.79 Å². The van der Waals surface area contributed by atoms with E-state index < -0.39 is 0 Å². The summed E-state index contributed by atoms with van der Waals surface area (Å²) >= 11 is 0. The Morgan fingerprint density at radius 3 is 2.58 bits per heavy atom. The van der Waals surface area contributed by atoms with Crippen LogP contribution in [0, 0.1) is 11.3 Å². The number of nitrogens with one attached hydrogen (secondary N) is 2. The molecule has 4 heteroatoms. The Labute approximate surface area is 72.4 Å². The highest BCUT2D eigenvalue weighted by molar-refractivity contribution is 6.04. The van der Waals surface area contributed by atoms with E-state index in [9.17, 15) is 4.79 Å². The Bertz CT molecular complexity index is 212. The largest absolute Gasteiger partial charge is 0.344 e. The molecule has 0 aromatic carbocycles. The number of carbonyl (C=O) groups excluding carboxylic acids is 1. The zero-order valence-electron chi connectivity index (χ0n) is 7.72. The second-order valence-corrected chi connectivity index (χ2v) is 3.57. The molecule has 0 aromatic heterocycles. The highest BCUT2D eigenvalue weighted by atomic mass is 16.2. The predicted octanol–water partition coefficient (Wildman–Crippen LogP) is 0.397. The Kier molecular flexibility index (Phi) is 2.35. The first-order valence-electron chi connectivity index (χ1n) is 4.15. The summed E-state index contributed by atoms with van der Waals surface area (Å²) in [5.41, 5.74) is 0. The lowest BCUT2D eigenvalue weighted by Gasteiger charge is -2.09. The van der Waals surface area contributed by atoms with Gasteiger partial charge in [0.1, 0.15) is 6.04 Å². The van der Waals surface area contributed by atoms with Gasteiger partial charge in [-0.3, -0.25) is 15.1 Å². The lowest BCUT2D eigenvalue weighted by Crippen LogP contribution is -2.30. The van der Waals surface area contributed by atoms with E-state index in [-0.39, 0.29) is 17.9 Å². The molecule has 0 aliphatic carbocycles. The van der Waals surface area contributed by atoms with Gasteiger partial charge in [-0.1, -0.05) is 13.8 Å². The molecule has 0 bridgehead atoms. The first-order valence-corrected chi connectivity index (χ1v) is 4.15. The molecule has 12 heavy (non-hydrogen) atoms. The van der Waals surface area contributed by atoms with Crippen LogP contribution in [0.5, 0.6) is 0 Å². The number of hydrogen-bond acceptors (Lipinski definition) is 2. The molecule has 1 amide bonds. The van der Waals surface area contributed by atoms with Crippen LogP contribution >= 0.6 is 0 Å². The minimum atomic E-state index is -0.178. The van der Waals surface area contributed by atoms with Crippen LogP contribution in [0.3, 0.4) is 0 Å². The number of rotatable bonds is 2. The summed E-state index contributed by atoms with van der Waals surface area (Å²) in [5, 5.41) is 10.2. The first kappa shape index (κ1) is 9.03. The van der Waals surface area contributed by atoms with E-state index in [1.165, 1.54) is 4.90 Å². The number of amides is 1. The van der Waals surface area contributed by atoms with Gasteiger partial charge >= 0.3 is 0 Å². The highest BCUT2D eigenvalue weighted by Crippen LogP contribution is 2.11. The molecule has 1 saturated heterocycles. The first-order chi connectivity index (χ1) is 5.52. The lowest BCUT2D eigenvalue weighted by atomic mass is 10.0. The van der Waals surface area contributed by atoms with Crippen molar-refractivity contribution in [3.8, 4) is 0 Å². The van der Waals surface area contributed by atoms with Crippen molar-refractivity contribution in [1.29, 1.82) is 5.41 Å². The molecule has 1 fully saturated rings. The molecule has 0 spiro atoms. The maximum Gasteiger partial charge on any atom is 0.251 e. The van der Waals surface area contributed by atoms with E-state index in [2.05, 4.69) is 19.2 Å². The zero-order chi connectivity index (χ0) is 9.30. The summed E-state index contributed by atoms with van der Waals surface area (Å²) in [4.78, 5) is 12.7. The molecule has 0 unspecified atom stereocenters. The molecule has 1 aliphatic rings. The van der Waals surface area contributed by atoms with Gasteiger partial charge in [0.2, 0.25) is 0 Å². The van der Waals surface area contributed by atoms with Gasteiger partial charge in [0.05, 0.1) is 0 Å². The molecule has 1 atom stereocenters. The molecular formula is C8H15N3O. The van der Waals surface area contributed by atoms with Gasteiger partial charge in [-0.05, 0) is 12.3 Å². The van der Waals surface area contributed by atoms with Gasteiger partial charge < -0.3 is 5.32 Å². The van der Waals surface area contributed by atoms with Crippen LogP contribution in [0.15, 0.2) is 0 Å². The van der Waals surface area contributed by atoms with E-state index >= 15 is 0 Å². The SMILES string of the molecule is CC(C)C[C@H]1NC(=N)N(C)C1=O. The van der Waals surface area contributed by atoms with E-state index in [4.69, 9.17) is 5.41 Å². The molecule has 1 aliphatic heterocycles. The molecule has 1 rings (SSSR count). The van der Waals surface area contributed by atoms with Crippen LogP contribution in [0.2, 0.25) is 0 Å². The van der Waals surface area contributed by atoms with Crippen LogP contribution < -0.4 is 5.32 Å². The van der Waals surface area contributed by atoms with Crippen molar-refractivity contribution in [2.24, 2.45) is 5.92 Å². The van der Waals surface area contributed by atoms with Crippen molar-refractivity contribution in [3.63, 3.8) is 0 Å². The smallest absolute Gasteiger partial charge is 0.251 e. The number of hydrogen-bond donors (Lipinski definition) is 2. The van der Waals surface area contributed by atoms with Gasteiger partial charge in [-0.25, -0.2) is 0 Å². The minimum absolute atomic E-state index is 0.00806. The van der Waals surface area contributed by atoms with Crippen molar-refractivity contribution in [2.45, 2.75) is 26.3 Å². The summed E-state index contributed by atoms with van der Waals surface area (Å²) in [7, 11) is 1.62. The Hall–Kier alpha value is -1.06. The molecule has 1 heterocycles. The van der Waals surface area contributed by atoms with Crippen LogP contribution in [-0.4, -0.2) is 29.9 Å². The fourth-order valence-electron chi connectivity index (χ4n) is 1.30. The molecule has 0 aromatic rings. The number of carbonyl (C=O) groups is 1. The van der Waals surface area contributed by atoms with Gasteiger partial charge in [0.15, 0.2) is 5.96 Å². The number of nitrogens with zero attached hydrogens (tertiary/aromatic N) is 1. The quantitative estimate of drug-likeness (QED) is 0.628. The number of guanidine groups is 1. The molecule has 4 nitrogen and oxygen atoms in total. The fraction of sp³-hybridized carbons (Fsp3) is 0.750. The summed E-state index contributed by atoms with van der Waals surface area (Å²) in [6, 6.07) is -0.178. The van der Waals surface area contributed by atoms with Crippen LogP contribution in [0.1, 0.15) is 20.3 Å². The standard InChI is InChI=1S/C8H15N3O/c1-5(2)4-6-7(12)11(3)8(9)10-6/h5-6H,4H2,1-3H3,(H2,9,10)/t6-/m1/s1. The molecule has 0 saturated carbocycles. The maximum absolute atomic E-state index is 11.4. The van der Waals surface area contributed by atoms with E-state index in [1.54, 1.807) is 7.05 Å². The highest BCUT2D eigenvalue weighted by Gasteiger charge is 2.32. The Balaban J connectivity index is 2.59. The predicted molar refractivity (Wildman–Crippen MR) is 46.9 cm³/mol. The van der Waals surface area contributed by atoms with E-state index in [0.717, 1.165) is 6.42 Å². The Morgan fingerprint density at radius 1 is 1.67 bits per heavy atom. The third kappa shape index (κ3) is 1.57. The third-order valence-corrected chi connectivity index (χ3v) is 1.98. The fourth-order valence-corrected chi connectivity index (χ4v) is 1.30. The maximum atomic E-state index is 11.4. The second kappa shape index (κ2) is 3.13. The van der Waals surface area contributed by atoms with Crippen molar-refractivity contribution in [3.05, 3.63) is 0 Å². The van der Waals surface area contributed by atoms with Crippen LogP contribution in [-0.2, 0) is 4.79 Å². The van der Waals surface area contributed by atoms with Crippen LogP contribution in [0.25, 0.3) is 0 Å². The van der Waals surface area contributed by atoms with Gasteiger partial charge in [0, 0.05) is 7.05 Å². The van der Waals surface area contributed by atoms with E-state index in [0.29, 0.717) is 5.92 Å². The van der Waals surface area contributed by atoms with Crippen molar-refractivity contribution in [2.75, 3.05) is 7.05 Å². The summed E-state index contributed by atoms with van der Waals surface area (Å²) < 4.78 is 0. The van der Waals surface area contributed by atoms with Crippen LogP contribution in [0.4, 0.5) is 0 Å². The molecule has 68 valence electrons. The number of likely N-dealkylation sites (N-methyl/N-ethyl adjacent to an activating group) is 1. The normalized spacial score (nSPS) is 23.7. The van der Waals surface area contributed by atoms with Gasteiger partial charge in [-0.15, -0.1) is 0 Å². The summed E-state index contributed by atoms with van der Waals surface area (Å²) in [5.74, 6) is 0.699. The molecule has 0 radical (unpaired) electrons. The van der Waals surface area contributed by atoms with Crippen molar-refractivity contribution >= 4 is 11.9 Å². The minimum Gasteiger partial charge on any atom is -0.344 e. The summed E-state index contributed by atoms with van der Waals surface area (Å²) in [6.45, 7) is 4.13. The zero-order valence-corrected chi connectivity index (χ0v) is 7.72. The van der Waals surface area contributed by atoms with Gasteiger partial charge in [-0.2, -0.15) is 0 Å². The average molecular weight is 169 g/mol. The topological polar surface area (TPSA) is 56.2 Å². The average Bonchev–Trinajstić information content (AvgIpc) is 2.17. The monoisotopic (exact) mass is 169 g/mol. The third-order valence-electron chi connectivity index (χ3n) is 1.98.